The van der Waals surface area contributed by atoms with E-state index in [9.17, 15) is 18.4 Å². The molecule has 0 saturated carbocycles. The van der Waals surface area contributed by atoms with Gasteiger partial charge in [-0.1, -0.05) is 48.3 Å². The molecule has 0 N–H and O–H groups in total. The maximum Gasteiger partial charge on any atom is 0.323 e. The number of esters is 2. The molecule has 0 amide bonds. The fourth-order valence-corrected chi connectivity index (χ4v) is 3.22. The fraction of sp³-hybridized carbons (Fsp3) is 0.185. The van der Waals surface area contributed by atoms with E-state index >= 15 is 0 Å². The molecule has 0 aliphatic rings. The van der Waals surface area contributed by atoms with Crippen LogP contribution in [0.4, 0.5) is 8.78 Å². The molecule has 168 valence electrons. The summed E-state index contributed by atoms with van der Waals surface area (Å²) in [4.78, 5) is 25.6. The fourth-order valence-electron chi connectivity index (χ4n) is 3.22. The average Bonchev–Trinajstić information content (AvgIpc) is 2.84. The number of methoxy groups -OCH3 is 2. The van der Waals surface area contributed by atoms with Crippen LogP contribution in [0, 0.1) is 41.7 Å². The minimum absolute atomic E-state index is 0.166. The molecule has 0 spiro atoms. The van der Waals surface area contributed by atoms with E-state index in [1.165, 1.54) is 60.7 Å². The van der Waals surface area contributed by atoms with Gasteiger partial charge in [0.05, 0.1) is 14.2 Å². The Labute approximate surface area is 191 Å². The lowest BCUT2D eigenvalue weighted by molar-refractivity contribution is -0.168. The van der Waals surface area contributed by atoms with Gasteiger partial charge in [-0.05, 0) is 48.2 Å². The first-order chi connectivity index (χ1) is 15.8. The first-order valence-corrected chi connectivity index (χ1v) is 9.83. The second-order valence-corrected chi connectivity index (χ2v) is 7.01. The summed E-state index contributed by atoms with van der Waals surface area (Å²) in [5.74, 6) is 2.43. The Morgan fingerprint density at radius 3 is 1.39 bits per heavy atom. The molecule has 0 atom stereocenters. The Morgan fingerprint density at radius 1 is 0.788 bits per heavy atom. The smallest absolute Gasteiger partial charge is 0.323 e. The quantitative estimate of drug-likeness (QED) is 0.330. The number of halogens is 2. The highest BCUT2D eigenvalue weighted by atomic mass is 19.1. The van der Waals surface area contributed by atoms with Crippen molar-refractivity contribution in [1.82, 2.24) is 0 Å². The van der Waals surface area contributed by atoms with Gasteiger partial charge in [-0.25, -0.2) is 8.78 Å². The van der Waals surface area contributed by atoms with Gasteiger partial charge in [0, 0.05) is 11.1 Å². The first-order valence-electron chi connectivity index (χ1n) is 9.83. The van der Waals surface area contributed by atoms with E-state index in [4.69, 9.17) is 22.3 Å². The van der Waals surface area contributed by atoms with E-state index in [0.29, 0.717) is 22.3 Å². The third kappa shape index (κ3) is 5.96. The lowest BCUT2D eigenvalue weighted by Crippen LogP contribution is -2.40. The molecule has 2 aromatic carbocycles. The molecule has 0 aliphatic carbocycles. The van der Waals surface area contributed by atoms with Gasteiger partial charge in [-0.15, -0.1) is 12.8 Å². The van der Waals surface area contributed by atoms with Gasteiger partial charge in [-0.2, -0.15) is 0 Å². The van der Waals surface area contributed by atoms with Crippen molar-refractivity contribution in [2.75, 3.05) is 14.2 Å². The van der Waals surface area contributed by atoms with Crippen LogP contribution in [0.3, 0.4) is 0 Å². The van der Waals surface area contributed by atoms with E-state index in [2.05, 4.69) is 11.8 Å². The van der Waals surface area contributed by atoms with Crippen LogP contribution >= 0.6 is 0 Å². The van der Waals surface area contributed by atoms with Gasteiger partial charge in [0.1, 0.15) is 11.6 Å². The monoisotopic (exact) mass is 448 g/mol. The van der Waals surface area contributed by atoms with Crippen molar-refractivity contribution >= 4 is 23.1 Å². The molecule has 0 heterocycles. The summed E-state index contributed by atoms with van der Waals surface area (Å²) in [6, 6.07) is 11.0. The largest absolute Gasteiger partial charge is 0.468 e. The van der Waals surface area contributed by atoms with Gasteiger partial charge in [0.25, 0.3) is 0 Å². The van der Waals surface area contributed by atoms with Crippen molar-refractivity contribution in [2.45, 2.75) is 12.8 Å². The molecular formula is C27H22F2O4. The third-order valence-corrected chi connectivity index (χ3v) is 5.08. The summed E-state index contributed by atoms with van der Waals surface area (Å²) < 4.78 is 36.4. The third-order valence-electron chi connectivity index (χ3n) is 5.08. The van der Waals surface area contributed by atoms with Crippen LogP contribution in [0.5, 0.6) is 0 Å². The standard InChI is InChI=1S/C27H22F2O4/c1-5-19(21-7-11-23(28)12-8-21)15-17-27(25(30)32-3,26(31)33-4)18-16-20(6-2)22-9-13-24(29)14-10-22/h1-2,7-16H,17-18H2,3-4H3/b19-15+,20-16+. The summed E-state index contributed by atoms with van der Waals surface area (Å²) in [6.45, 7) is 0. The molecule has 0 aromatic heterocycles. The van der Waals surface area contributed by atoms with Gasteiger partial charge in [0.2, 0.25) is 0 Å². The Kier molecular flexibility index (Phi) is 8.72. The normalized spacial score (nSPS) is 11.8. The van der Waals surface area contributed by atoms with Gasteiger partial charge < -0.3 is 9.47 Å². The van der Waals surface area contributed by atoms with Gasteiger partial charge in [-0.3, -0.25) is 9.59 Å². The van der Waals surface area contributed by atoms with E-state index in [1.54, 1.807) is 0 Å². The summed E-state index contributed by atoms with van der Waals surface area (Å²) >= 11 is 0. The van der Waals surface area contributed by atoms with E-state index < -0.39 is 29.0 Å². The molecule has 6 heteroatoms. The molecule has 4 nitrogen and oxygen atoms in total. The van der Waals surface area contributed by atoms with Crippen LogP contribution in [0.2, 0.25) is 0 Å². The zero-order chi connectivity index (χ0) is 24.4. The molecule has 0 bridgehead atoms. The second kappa shape index (κ2) is 11.5. The van der Waals surface area contributed by atoms with Crippen LogP contribution in [-0.2, 0) is 19.1 Å². The van der Waals surface area contributed by atoms with Crippen LogP contribution in [0.15, 0.2) is 60.7 Å². The van der Waals surface area contributed by atoms with Crippen LogP contribution in [0.1, 0.15) is 24.0 Å². The Hall–Kier alpha value is -4.16. The number of benzene rings is 2. The van der Waals surface area contributed by atoms with E-state index in [-0.39, 0.29) is 12.8 Å². The molecular weight excluding hydrogens is 426 g/mol. The molecule has 0 fully saturated rings. The number of terminal acetylenes is 2. The summed E-state index contributed by atoms with van der Waals surface area (Å²) in [6.07, 6.45) is 13.9. The number of allylic oxidation sites excluding steroid dienone is 4. The topological polar surface area (TPSA) is 52.6 Å². The van der Waals surface area contributed by atoms with Gasteiger partial charge >= 0.3 is 11.9 Å². The maximum atomic E-state index is 13.3. The highest BCUT2D eigenvalue weighted by molar-refractivity contribution is 6.01. The van der Waals surface area contributed by atoms with Crippen molar-refractivity contribution in [1.29, 1.82) is 0 Å². The highest BCUT2D eigenvalue weighted by Gasteiger charge is 2.47. The number of carbonyl (C=O) groups is 2. The number of ether oxygens (including phenoxy) is 2. The number of hydrogen-bond acceptors (Lipinski definition) is 4. The van der Waals surface area contributed by atoms with E-state index in [0.717, 1.165) is 14.2 Å². The highest BCUT2D eigenvalue weighted by Crippen LogP contribution is 2.34. The summed E-state index contributed by atoms with van der Waals surface area (Å²) in [7, 11) is 2.30. The minimum Gasteiger partial charge on any atom is -0.468 e. The average molecular weight is 448 g/mol. The lowest BCUT2D eigenvalue weighted by atomic mass is 9.79. The van der Waals surface area contributed by atoms with Crippen molar-refractivity contribution in [3.8, 4) is 24.7 Å². The van der Waals surface area contributed by atoms with Crippen LogP contribution < -0.4 is 0 Å². The zero-order valence-corrected chi connectivity index (χ0v) is 18.2. The number of carbonyl (C=O) groups excluding carboxylic acids is 2. The van der Waals surface area contributed by atoms with Crippen LogP contribution in [0.25, 0.3) is 11.1 Å². The Morgan fingerprint density at radius 2 is 1.12 bits per heavy atom. The Bertz CT molecular complexity index is 1050. The minimum atomic E-state index is -1.78. The Balaban J connectivity index is 2.51. The van der Waals surface area contributed by atoms with Crippen molar-refractivity contribution in [2.24, 2.45) is 5.41 Å². The van der Waals surface area contributed by atoms with Crippen LogP contribution in [-0.4, -0.2) is 26.2 Å². The molecule has 33 heavy (non-hydrogen) atoms. The first kappa shape index (κ1) is 25.1. The van der Waals surface area contributed by atoms with Crippen molar-refractivity contribution in [3.05, 3.63) is 83.4 Å². The lowest BCUT2D eigenvalue weighted by Gasteiger charge is -2.26. The molecule has 2 rings (SSSR count). The van der Waals surface area contributed by atoms with Crippen molar-refractivity contribution < 1.29 is 27.8 Å². The summed E-state index contributed by atoms with van der Waals surface area (Å²) in [5.41, 5.74) is -0.00514. The molecule has 0 saturated heterocycles. The summed E-state index contributed by atoms with van der Waals surface area (Å²) in [5, 5.41) is 0. The molecule has 0 radical (unpaired) electrons. The molecule has 0 aliphatic heterocycles. The van der Waals surface area contributed by atoms with E-state index in [1.807, 2.05) is 0 Å². The molecule has 2 aromatic rings. The predicted molar refractivity (Wildman–Crippen MR) is 122 cm³/mol. The van der Waals surface area contributed by atoms with Crippen molar-refractivity contribution in [3.63, 3.8) is 0 Å². The predicted octanol–water partition coefficient (Wildman–Crippen LogP) is 4.81. The number of rotatable bonds is 8. The SMILES string of the molecule is C#C/C(=C\CC(C/C=C(\C#C)c1ccc(F)cc1)(C(=O)OC)C(=O)OC)c1ccc(F)cc1. The zero-order valence-electron chi connectivity index (χ0n) is 18.2. The molecule has 0 unspecified atom stereocenters. The second-order valence-electron chi connectivity index (χ2n) is 7.01. The maximum absolute atomic E-state index is 13.3. The van der Waals surface area contributed by atoms with Gasteiger partial charge in [0.15, 0.2) is 5.41 Å². The number of hydrogen-bond donors (Lipinski definition) is 0.